The van der Waals surface area contributed by atoms with E-state index in [-0.39, 0.29) is 5.92 Å². The Morgan fingerprint density at radius 1 is 1.14 bits per heavy atom. The van der Waals surface area contributed by atoms with Crippen molar-refractivity contribution in [1.82, 2.24) is 0 Å². The monoisotopic (exact) mass is 383 g/mol. The molecule has 0 fully saturated rings. The Labute approximate surface area is 142 Å². The lowest BCUT2D eigenvalue weighted by atomic mass is 9.97. The first kappa shape index (κ1) is 16.2. The quantitative estimate of drug-likeness (QED) is 0.649. The van der Waals surface area contributed by atoms with Crippen molar-refractivity contribution in [3.63, 3.8) is 0 Å². The van der Waals surface area contributed by atoms with Gasteiger partial charge in [-0.05, 0) is 42.0 Å². The van der Waals surface area contributed by atoms with Crippen LogP contribution in [-0.4, -0.2) is 6.61 Å². The lowest BCUT2D eigenvalue weighted by molar-refractivity contribution is 0.306. The topological polar surface area (TPSA) is 33.0 Å². The number of hydrogen-bond donors (Lipinski definition) is 0. The van der Waals surface area contributed by atoms with Crippen LogP contribution in [0.1, 0.15) is 17.9 Å². The fraction of sp³-hybridized carbons (Fsp3) is 0.188. The average Bonchev–Trinajstić information content (AvgIpc) is 2.46. The molecule has 0 aliphatic heterocycles. The molecule has 0 bridgehead atoms. The summed E-state index contributed by atoms with van der Waals surface area (Å²) >= 11 is 15.4. The van der Waals surface area contributed by atoms with Gasteiger partial charge in [0.25, 0.3) is 0 Å². The average molecular weight is 385 g/mol. The molecule has 1 atom stereocenters. The third kappa shape index (κ3) is 4.64. The second-order valence-corrected chi connectivity index (χ2v) is 6.20. The van der Waals surface area contributed by atoms with Crippen LogP contribution in [0.3, 0.4) is 0 Å². The lowest BCUT2D eigenvalue weighted by Gasteiger charge is -2.12. The van der Waals surface area contributed by atoms with Crippen molar-refractivity contribution in [2.75, 3.05) is 6.61 Å². The number of nitrogens with zero attached hydrogens (tertiary/aromatic N) is 1. The van der Waals surface area contributed by atoms with Gasteiger partial charge in [0.2, 0.25) is 0 Å². The van der Waals surface area contributed by atoms with Crippen LogP contribution in [0.4, 0.5) is 0 Å². The smallest absolute Gasteiger partial charge is 0.119 e. The van der Waals surface area contributed by atoms with E-state index in [1.807, 2.05) is 24.3 Å². The minimum Gasteiger partial charge on any atom is -0.494 e. The van der Waals surface area contributed by atoms with Crippen molar-refractivity contribution in [2.45, 2.75) is 12.3 Å². The summed E-state index contributed by atoms with van der Waals surface area (Å²) < 4.78 is 6.64. The van der Waals surface area contributed by atoms with Crippen LogP contribution in [0.2, 0.25) is 10.0 Å². The van der Waals surface area contributed by atoms with Gasteiger partial charge in [-0.2, -0.15) is 5.26 Å². The van der Waals surface area contributed by atoms with Gasteiger partial charge < -0.3 is 4.74 Å². The molecule has 0 heterocycles. The summed E-state index contributed by atoms with van der Waals surface area (Å²) in [6, 6.07) is 15.0. The first-order chi connectivity index (χ1) is 10.1. The van der Waals surface area contributed by atoms with Crippen LogP contribution >= 0.6 is 39.1 Å². The highest BCUT2D eigenvalue weighted by atomic mass is 79.9. The van der Waals surface area contributed by atoms with Gasteiger partial charge in [0.05, 0.1) is 18.6 Å². The summed E-state index contributed by atoms with van der Waals surface area (Å²) in [7, 11) is 0. The van der Waals surface area contributed by atoms with Crippen LogP contribution in [0.15, 0.2) is 46.9 Å². The van der Waals surface area contributed by atoms with Crippen molar-refractivity contribution in [2.24, 2.45) is 0 Å². The molecule has 0 unspecified atom stereocenters. The van der Waals surface area contributed by atoms with E-state index in [9.17, 15) is 5.26 Å². The van der Waals surface area contributed by atoms with E-state index in [0.717, 1.165) is 15.8 Å². The molecule has 0 aliphatic carbocycles. The molecule has 0 aliphatic rings. The zero-order chi connectivity index (χ0) is 15.2. The summed E-state index contributed by atoms with van der Waals surface area (Å²) in [6.45, 7) is 0.443. The van der Waals surface area contributed by atoms with Gasteiger partial charge in [0.1, 0.15) is 5.75 Å². The van der Waals surface area contributed by atoms with Crippen LogP contribution < -0.4 is 4.74 Å². The molecule has 0 saturated heterocycles. The number of hydrogen-bond acceptors (Lipinski definition) is 2. The first-order valence-electron chi connectivity index (χ1n) is 6.33. The molecule has 2 nitrogen and oxygen atoms in total. The van der Waals surface area contributed by atoms with Crippen molar-refractivity contribution in [3.05, 3.63) is 62.5 Å². The number of benzene rings is 2. The zero-order valence-electron chi connectivity index (χ0n) is 11.0. The molecule has 2 aromatic carbocycles. The van der Waals surface area contributed by atoms with Gasteiger partial charge in [0, 0.05) is 20.9 Å². The number of ether oxygens (including phenoxy) is 1. The predicted molar refractivity (Wildman–Crippen MR) is 89.1 cm³/mol. The summed E-state index contributed by atoms with van der Waals surface area (Å²) in [4.78, 5) is 0. The Hall–Kier alpha value is -1.21. The fourth-order valence-corrected chi connectivity index (χ4v) is 2.70. The zero-order valence-corrected chi connectivity index (χ0v) is 14.1. The van der Waals surface area contributed by atoms with Gasteiger partial charge in [0.15, 0.2) is 0 Å². The summed E-state index contributed by atoms with van der Waals surface area (Å²) in [6.07, 6.45) is 0.563. The molecular formula is C16H12BrCl2NO. The molecular weight excluding hydrogens is 373 g/mol. The normalized spacial score (nSPS) is 11.7. The maximum absolute atomic E-state index is 9.30. The van der Waals surface area contributed by atoms with Gasteiger partial charge in [-0.1, -0.05) is 45.2 Å². The molecule has 108 valence electrons. The van der Waals surface area contributed by atoms with E-state index in [4.69, 9.17) is 27.9 Å². The van der Waals surface area contributed by atoms with E-state index in [1.54, 1.807) is 18.2 Å². The summed E-state index contributed by atoms with van der Waals surface area (Å²) in [5.74, 6) is 0.460. The molecule has 0 amide bonds. The van der Waals surface area contributed by atoms with Crippen molar-refractivity contribution in [3.8, 4) is 11.8 Å². The van der Waals surface area contributed by atoms with Crippen LogP contribution in [-0.2, 0) is 0 Å². The second-order valence-electron chi connectivity index (χ2n) is 4.44. The maximum atomic E-state index is 9.30. The van der Waals surface area contributed by atoms with Crippen LogP contribution in [0.25, 0.3) is 0 Å². The van der Waals surface area contributed by atoms with Crippen molar-refractivity contribution < 1.29 is 4.74 Å². The predicted octanol–water partition coefficient (Wildman–Crippen LogP) is 5.83. The first-order valence-corrected chi connectivity index (χ1v) is 7.88. The van der Waals surface area contributed by atoms with E-state index >= 15 is 0 Å². The van der Waals surface area contributed by atoms with Crippen LogP contribution in [0.5, 0.6) is 5.75 Å². The fourth-order valence-electron chi connectivity index (χ4n) is 1.90. The molecule has 0 N–H and O–H groups in total. The Kier molecular flexibility index (Phi) is 5.93. The SMILES string of the molecule is N#C[C@@H](CCOc1ccc(Br)cc1)c1ccc(Cl)cc1Cl. The summed E-state index contributed by atoms with van der Waals surface area (Å²) in [5.41, 5.74) is 0.781. The summed E-state index contributed by atoms with van der Waals surface area (Å²) in [5, 5.41) is 10.4. The standard InChI is InChI=1S/C16H12BrCl2NO/c17-12-1-4-14(5-2-12)21-8-7-11(10-20)15-6-3-13(18)9-16(15)19/h1-6,9,11H,7-8H2/t11-/m1/s1. The van der Waals surface area contributed by atoms with Gasteiger partial charge >= 0.3 is 0 Å². The lowest BCUT2D eigenvalue weighted by Crippen LogP contribution is -2.05. The molecule has 2 aromatic rings. The number of nitriles is 1. The van der Waals surface area contributed by atoms with Crippen molar-refractivity contribution in [1.29, 1.82) is 5.26 Å². The number of rotatable bonds is 5. The highest BCUT2D eigenvalue weighted by molar-refractivity contribution is 9.10. The molecule has 21 heavy (non-hydrogen) atoms. The van der Waals surface area contributed by atoms with Gasteiger partial charge in [-0.25, -0.2) is 0 Å². The van der Waals surface area contributed by atoms with E-state index in [1.165, 1.54) is 0 Å². The molecule has 5 heteroatoms. The van der Waals surface area contributed by atoms with E-state index in [0.29, 0.717) is 23.1 Å². The Morgan fingerprint density at radius 2 is 1.86 bits per heavy atom. The molecule has 0 aromatic heterocycles. The second kappa shape index (κ2) is 7.70. The van der Waals surface area contributed by atoms with Gasteiger partial charge in [-0.15, -0.1) is 0 Å². The largest absolute Gasteiger partial charge is 0.494 e. The minimum absolute atomic E-state index is 0.315. The van der Waals surface area contributed by atoms with Crippen molar-refractivity contribution >= 4 is 39.1 Å². The molecule has 0 radical (unpaired) electrons. The third-order valence-corrected chi connectivity index (χ3v) is 4.07. The molecule has 0 spiro atoms. The van der Waals surface area contributed by atoms with E-state index in [2.05, 4.69) is 22.0 Å². The Bertz CT molecular complexity index is 652. The highest BCUT2D eigenvalue weighted by Gasteiger charge is 2.14. The minimum atomic E-state index is -0.315. The highest BCUT2D eigenvalue weighted by Crippen LogP contribution is 2.29. The Morgan fingerprint density at radius 3 is 2.48 bits per heavy atom. The molecule has 0 saturated carbocycles. The van der Waals surface area contributed by atoms with Gasteiger partial charge in [-0.3, -0.25) is 0 Å². The third-order valence-electron chi connectivity index (χ3n) is 2.98. The Balaban J connectivity index is 1.97. The number of halogens is 3. The maximum Gasteiger partial charge on any atom is 0.119 e. The van der Waals surface area contributed by atoms with E-state index < -0.39 is 0 Å². The van der Waals surface area contributed by atoms with Crippen LogP contribution in [0, 0.1) is 11.3 Å². The molecule has 2 rings (SSSR count).